The van der Waals surface area contributed by atoms with E-state index in [1.165, 1.54) is 24.0 Å². The van der Waals surface area contributed by atoms with Gasteiger partial charge in [0.05, 0.1) is 0 Å². The van der Waals surface area contributed by atoms with Crippen molar-refractivity contribution < 1.29 is 0 Å². The second kappa shape index (κ2) is 4.14. The van der Waals surface area contributed by atoms with Crippen LogP contribution in [0.5, 0.6) is 0 Å². The Morgan fingerprint density at radius 1 is 1.43 bits per heavy atom. The van der Waals surface area contributed by atoms with Gasteiger partial charge in [-0.3, -0.25) is 0 Å². The van der Waals surface area contributed by atoms with Crippen molar-refractivity contribution in [2.75, 3.05) is 0 Å². The molecule has 1 nitrogen and oxygen atoms in total. The molecule has 0 fully saturated rings. The molecule has 0 radical (unpaired) electrons. The van der Waals surface area contributed by atoms with Crippen LogP contribution >= 0.6 is 0 Å². The summed E-state index contributed by atoms with van der Waals surface area (Å²) in [6.07, 6.45) is 2.55. The molecule has 1 aliphatic heterocycles. The molecule has 1 aromatic carbocycles. The van der Waals surface area contributed by atoms with E-state index in [0.29, 0.717) is 6.04 Å². The summed E-state index contributed by atoms with van der Waals surface area (Å²) in [7, 11) is 0. The molecule has 1 aliphatic rings. The highest BCUT2D eigenvalue weighted by molar-refractivity contribution is 5.33. The van der Waals surface area contributed by atoms with E-state index in [1.807, 2.05) is 0 Å². The minimum atomic E-state index is 0.598. The average molecular weight is 189 g/mol. The Kier molecular flexibility index (Phi) is 2.87. The third kappa shape index (κ3) is 1.83. The number of fused-ring (bicyclic) bond motifs is 1. The summed E-state index contributed by atoms with van der Waals surface area (Å²) >= 11 is 0. The molecule has 0 aliphatic carbocycles. The zero-order chi connectivity index (χ0) is 9.97. The molecule has 0 saturated carbocycles. The van der Waals surface area contributed by atoms with Gasteiger partial charge in [-0.2, -0.15) is 0 Å². The zero-order valence-electron chi connectivity index (χ0n) is 9.09. The van der Waals surface area contributed by atoms with E-state index in [-0.39, 0.29) is 0 Å². The maximum absolute atomic E-state index is 3.59. The van der Waals surface area contributed by atoms with Gasteiger partial charge in [-0.05, 0) is 23.5 Å². The molecule has 2 rings (SSSR count). The molecule has 14 heavy (non-hydrogen) atoms. The Bertz CT molecular complexity index is 306. The van der Waals surface area contributed by atoms with Crippen LogP contribution in [-0.2, 0) is 6.54 Å². The summed E-state index contributed by atoms with van der Waals surface area (Å²) in [6, 6.07) is 9.38. The lowest BCUT2D eigenvalue weighted by Gasteiger charge is -2.16. The minimum absolute atomic E-state index is 0.598. The highest BCUT2D eigenvalue weighted by Gasteiger charge is 2.21. The fraction of sp³-hybridized carbons (Fsp3) is 0.538. The van der Waals surface area contributed by atoms with E-state index in [9.17, 15) is 0 Å². The maximum Gasteiger partial charge on any atom is 0.0329 e. The van der Waals surface area contributed by atoms with Gasteiger partial charge in [0.25, 0.3) is 0 Å². The van der Waals surface area contributed by atoms with Gasteiger partial charge in [0.2, 0.25) is 0 Å². The molecule has 76 valence electrons. The zero-order valence-corrected chi connectivity index (χ0v) is 9.09. The Morgan fingerprint density at radius 2 is 2.21 bits per heavy atom. The first-order valence-electron chi connectivity index (χ1n) is 5.62. The molecular weight excluding hydrogens is 170 g/mol. The van der Waals surface area contributed by atoms with Crippen LogP contribution in [0, 0.1) is 5.92 Å². The second-order valence-corrected chi connectivity index (χ2v) is 4.38. The molecule has 1 N–H and O–H groups in total. The molecule has 0 amide bonds. The van der Waals surface area contributed by atoms with Crippen LogP contribution in [0.2, 0.25) is 0 Å². The molecule has 1 heteroatoms. The highest BCUT2D eigenvalue weighted by Crippen LogP contribution is 2.30. The SMILES string of the molecule is CCC(C)CC1NCc2ccccc21. The van der Waals surface area contributed by atoms with Crippen LogP contribution < -0.4 is 5.32 Å². The summed E-state index contributed by atoms with van der Waals surface area (Å²) < 4.78 is 0. The summed E-state index contributed by atoms with van der Waals surface area (Å²) in [4.78, 5) is 0. The van der Waals surface area contributed by atoms with Gasteiger partial charge in [-0.25, -0.2) is 0 Å². The van der Waals surface area contributed by atoms with Gasteiger partial charge < -0.3 is 5.32 Å². The molecule has 2 unspecified atom stereocenters. The lowest BCUT2D eigenvalue weighted by atomic mass is 9.94. The number of nitrogens with one attached hydrogen (secondary N) is 1. The van der Waals surface area contributed by atoms with Gasteiger partial charge in [0.15, 0.2) is 0 Å². The van der Waals surface area contributed by atoms with E-state index < -0.39 is 0 Å². The quantitative estimate of drug-likeness (QED) is 0.769. The first-order valence-corrected chi connectivity index (χ1v) is 5.62. The van der Waals surface area contributed by atoms with Crippen molar-refractivity contribution in [3.8, 4) is 0 Å². The first-order chi connectivity index (χ1) is 6.81. The van der Waals surface area contributed by atoms with Gasteiger partial charge in [0, 0.05) is 12.6 Å². The average Bonchev–Trinajstić information content (AvgIpc) is 2.62. The molecule has 1 aromatic rings. The highest BCUT2D eigenvalue weighted by atomic mass is 14.9. The van der Waals surface area contributed by atoms with Crippen molar-refractivity contribution in [1.82, 2.24) is 5.32 Å². The molecular formula is C13H19N. The predicted molar refractivity (Wildman–Crippen MR) is 60.1 cm³/mol. The first kappa shape index (κ1) is 9.72. The smallest absolute Gasteiger partial charge is 0.0329 e. The monoisotopic (exact) mass is 189 g/mol. The van der Waals surface area contributed by atoms with Crippen LogP contribution in [0.4, 0.5) is 0 Å². The standard InChI is InChI=1S/C13H19N/c1-3-10(2)8-13-12-7-5-4-6-11(12)9-14-13/h4-7,10,13-14H,3,8-9H2,1-2H3. The van der Waals surface area contributed by atoms with Crippen LogP contribution in [0.15, 0.2) is 24.3 Å². The molecule has 0 saturated heterocycles. The summed E-state index contributed by atoms with van der Waals surface area (Å²) in [5.74, 6) is 0.818. The summed E-state index contributed by atoms with van der Waals surface area (Å²) in [5, 5.41) is 3.59. The van der Waals surface area contributed by atoms with Crippen molar-refractivity contribution in [3.63, 3.8) is 0 Å². The Balaban J connectivity index is 2.10. The fourth-order valence-electron chi connectivity index (χ4n) is 2.16. The van der Waals surface area contributed by atoms with Crippen LogP contribution in [0.1, 0.15) is 43.9 Å². The van der Waals surface area contributed by atoms with E-state index in [1.54, 1.807) is 0 Å². The van der Waals surface area contributed by atoms with E-state index in [0.717, 1.165) is 12.5 Å². The third-order valence-corrected chi connectivity index (χ3v) is 3.30. The Morgan fingerprint density at radius 3 is 3.00 bits per heavy atom. The van der Waals surface area contributed by atoms with E-state index in [4.69, 9.17) is 0 Å². The normalized spacial score (nSPS) is 22.0. The molecule has 1 heterocycles. The van der Waals surface area contributed by atoms with E-state index >= 15 is 0 Å². The topological polar surface area (TPSA) is 12.0 Å². The largest absolute Gasteiger partial charge is 0.306 e. The summed E-state index contributed by atoms with van der Waals surface area (Å²) in [5.41, 5.74) is 3.01. The van der Waals surface area contributed by atoms with Gasteiger partial charge in [-0.15, -0.1) is 0 Å². The van der Waals surface area contributed by atoms with Crippen molar-refractivity contribution in [3.05, 3.63) is 35.4 Å². The van der Waals surface area contributed by atoms with Gasteiger partial charge in [-0.1, -0.05) is 44.5 Å². The number of benzene rings is 1. The minimum Gasteiger partial charge on any atom is -0.306 e. The van der Waals surface area contributed by atoms with Gasteiger partial charge in [0.1, 0.15) is 0 Å². The van der Waals surface area contributed by atoms with E-state index in [2.05, 4.69) is 43.4 Å². The number of hydrogen-bond acceptors (Lipinski definition) is 1. The van der Waals surface area contributed by atoms with Crippen molar-refractivity contribution >= 4 is 0 Å². The molecule has 0 aromatic heterocycles. The van der Waals surface area contributed by atoms with Crippen molar-refractivity contribution in [2.45, 2.75) is 39.3 Å². The molecule has 2 atom stereocenters. The lowest BCUT2D eigenvalue weighted by molar-refractivity contribution is 0.421. The van der Waals surface area contributed by atoms with Crippen LogP contribution in [0.25, 0.3) is 0 Å². The molecule has 0 bridgehead atoms. The maximum atomic E-state index is 3.59. The van der Waals surface area contributed by atoms with Crippen molar-refractivity contribution in [1.29, 1.82) is 0 Å². The van der Waals surface area contributed by atoms with Crippen molar-refractivity contribution in [2.24, 2.45) is 5.92 Å². The van der Waals surface area contributed by atoms with Crippen LogP contribution in [-0.4, -0.2) is 0 Å². The lowest BCUT2D eigenvalue weighted by Crippen LogP contribution is -2.14. The van der Waals surface area contributed by atoms with Gasteiger partial charge >= 0.3 is 0 Å². The predicted octanol–water partition coefficient (Wildman–Crippen LogP) is 3.27. The summed E-state index contributed by atoms with van der Waals surface area (Å²) in [6.45, 7) is 5.66. The fourth-order valence-corrected chi connectivity index (χ4v) is 2.16. The number of rotatable bonds is 3. The number of hydrogen-bond donors (Lipinski definition) is 1. The molecule has 0 spiro atoms. The third-order valence-electron chi connectivity index (χ3n) is 3.30. The van der Waals surface area contributed by atoms with Crippen LogP contribution in [0.3, 0.4) is 0 Å². The Hall–Kier alpha value is -0.820. The second-order valence-electron chi connectivity index (χ2n) is 4.38. The Labute approximate surface area is 86.5 Å².